The number of rotatable bonds is 4. The Hall–Kier alpha value is -3.16. The molecule has 0 aliphatic heterocycles. The minimum Gasteiger partial charge on any atom is -0.322 e. The number of alkyl halides is 3. The van der Waals surface area contributed by atoms with E-state index >= 15 is 0 Å². The molecule has 1 N–H and O–H groups in total. The van der Waals surface area contributed by atoms with Crippen LogP contribution < -0.4 is 5.32 Å². The van der Waals surface area contributed by atoms with Gasteiger partial charge in [-0.05, 0) is 18.1 Å². The van der Waals surface area contributed by atoms with E-state index in [2.05, 4.69) is 5.32 Å². The van der Waals surface area contributed by atoms with Gasteiger partial charge in [0, 0.05) is 18.2 Å². The van der Waals surface area contributed by atoms with Crippen molar-refractivity contribution >= 4 is 22.9 Å². The van der Waals surface area contributed by atoms with E-state index in [-0.39, 0.29) is 16.9 Å². The molecule has 0 aromatic heterocycles. The first-order chi connectivity index (χ1) is 11.7. The largest absolute Gasteiger partial charge is 0.417 e. The molecule has 2 aromatic rings. The lowest BCUT2D eigenvalue weighted by Crippen LogP contribution is -2.16. The molecule has 0 bridgehead atoms. The van der Waals surface area contributed by atoms with Gasteiger partial charge >= 0.3 is 6.18 Å². The molecule has 0 unspecified atom stereocenters. The van der Waals surface area contributed by atoms with Gasteiger partial charge in [0.05, 0.1) is 16.2 Å². The van der Waals surface area contributed by atoms with Gasteiger partial charge in [0.15, 0.2) is 0 Å². The summed E-state index contributed by atoms with van der Waals surface area (Å²) in [7, 11) is 0. The summed E-state index contributed by atoms with van der Waals surface area (Å²) in [5.74, 6) is -1.03. The fourth-order valence-corrected chi connectivity index (χ4v) is 2.10. The maximum atomic E-state index is 13.2. The molecule has 130 valence electrons. The molecule has 0 spiro atoms. The Balaban J connectivity index is 2.34. The first-order valence-corrected chi connectivity index (χ1v) is 7.09. The minimum absolute atomic E-state index is 0.0741. The lowest BCUT2D eigenvalue weighted by atomic mass is 10.0. The quantitative estimate of drug-likeness (QED) is 0.502. The van der Waals surface area contributed by atoms with Crippen LogP contribution in [0.15, 0.2) is 54.6 Å². The highest BCUT2D eigenvalue weighted by Crippen LogP contribution is 2.33. The van der Waals surface area contributed by atoms with Crippen LogP contribution in [0.4, 0.5) is 24.5 Å². The molecule has 1 amide bonds. The second-order valence-electron chi connectivity index (χ2n) is 5.17. The summed E-state index contributed by atoms with van der Waals surface area (Å²) in [5.41, 5.74) is -0.968. The van der Waals surface area contributed by atoms with Crippen LogP contribution in [0, 0.1) is 17.0 Å². The topological polar surface area (TPSA) is 72.2 Å². The Kier molecular flexibility index (Phi) is 5.21. The van der Waals surface area contributed by atoms with E-state index in [0.717, 1.165) is 6.07 Å². The van der Waals surface area contributed by atoms with E-state index in [1.165, 1.54) is 36.4 Å². The number of nitrogens with one attached hydrogen (secondary N) is 1. The van der Waals surface area contributed by atoms with Crippen molar-refractivity contribution in [2.45, 2.75) is 13.1 Å². The predicted molar refractivity (Wildman–Crippen MR) is 86.9 cm³/mol. The van der Waals surface area contributed by atoms with Gasteiger partial charge in [-0.15, -0.1) is 0 Å². The molecule has 0 saturated heterocycles. The molecule has 0 fully saturated rings. The number of nitrogens with zero attached hydrogens (tertiary/aromatic N) is 1. The van der Waals surface area contributed by atoms with Gasteiger partial charge in [0.1, 0.15) is 0 Å². The highest BCUT2D eigenvalue weighted by molar-refractivity contribution is 6.05. The van der Waals surface area contributed by atoms with Crippen molar-refractivity contribution in [1.29, 1.82) is 0 Å². The standard InChI is InChI=1S/C17H13F3N2O3/c1-11-7-8-13(22(24)25)9-15(11)21-16(23)10-14(17(18,19)20)12-5-3-2-4-6-12/h2-10H,1H3,(H,21,23)/b14-10-. The Morgan fingerprint density at radius 3 is 2.36 bits per heavy atom. The third-order valence-corrected chi connectivity index (χ3v) is 3.36. The number of anilines is 1. The molecule has 25 heavy (non-hydrogen) atoms. The lowest BCUT2D eigenvalue weighted by Gasteiger charge is -2.12. The average Bonchev–Trinajstić information content (AvgIpc) is 2.54. The first kappa shape index (κ1) is 18.2. The van der Waals surface area contributed by atoms with E-state index in [1.54, 1.807) is 13.0 Å². The normalized spacial score (nSPS) is 11.9. The number of amides is 1. The van der Waals surface area contributed by atoms with Gasteiger partial charge < -0.3 is 5.32 Å². The van der Waals surface area contributed by atoms with Gasteiger partial charge in [-0.1, -0.05) is 36.4 Å². The molecule has 5 nitrogen and oxygen atoms in total. The zero-order valence-electron chi connectivity index (χ0n) is 13.0. The summed E-state index contributed by atoms with van der Waals surface area (Å²) in [6, 6.07) is 10.6. The Morgan fingerprint density at radius 2 is 1.80 bits per heavy atom. The molecule has 2 rings (SSSR count). The van der Waals surface area contributed by atoms with Crippen LogP contribution in [0.5, 0.6) is 0 Å². The number of carbonyl (C=O) groups is 1. The highest BCUT2D eigenvalue weighted by Gasteiger charge is 2.35. The van der Waals surface area contributed by atoms with Crippen molar-refractivity contribution in [3.05, 3.63) is 75.8 Å². The number of non-ortho nitro benzene ring substituents is 1. The van der Waals surface area contributed by atoms with Crippen molar-refractivity contribution in [2.75, 3.05) is 5.32 Å². The lowest BCUT2D eigenvalue weighted by molar-refractivity contribution is -0.384. The molecule has 2 aromatic carbocycles. The summed E-state index contributed by atoms with van der Waals surface area (Å²) in [6.07, 6.45) is -4.29. The van der Waals surface area contributed by atoms with Crippen LogP contribution in [0.3, 0.4) is 0 Å². The number of allylic oxidation sites excluding steroid dienone is 1. The van der Waals surface area contributed by atoms with Crippen LogP contribution in [0.25, 0.3) is 5.57 Å². The highest BCUT2D eigenvalue weighted by atomic mass is 19.4. The second-order valence-corrected chi connectivity index (χ2v) is 5.17. The van der Waals surface area contributed by atoms with Gasteiger partial charge in [-0.3, -0.25) is 14.9 Å². The molecule has 0 heterocycles. The van der Waals surface area contributed by atoms with Crippen LogP contribution >= 0.6 is 0 Å². The van der Waals surface area contributed by atoms with Crippen molar-refractivity contribution in [3.63, 3.8) is 0 Å². The van der Waals surface area contributed by atoms with E-state index in [4.69, 9.17) is 0 Å². The number of nitro groups is 1. The molecule has 0 aliphatic carbocycles. The SMILES string of the molecule is Cc1ccc([N+](=O)[O-])cc1NC(=O)/C=C(/c1ccccc1)C(F)(F)F. The fourth-order valence-electron chi connectivity index (χ4n) is 2.10. The van der Waals surface area contributed by atoms with Crippen molar-refractivity contribution in [2.24, 2.45) is 0 Å². The van der Waals surface area contributed by atoms with Crippen molar-refractivity contribution in [3.8, 4) is 0 Å². The third-order valence-electron chi connectivity index (χ3n) is 3.36. The van der Waals surface area contributed by atoms with Gasteiger partial charge in [-0.2, -0.15) is 13.2 Å². The molecule has 8 heteroatoms. The number of halogens is 3. The van der Waals surface area contributed by atoms with E-state index in [9.17, 15) is 28.1 Å². The zero-order chi connectivity index (χ0) is 18.6. The summed E-state index contributed by atoms with van der Waals surface area (Å²) in [4.78, 5) is 22.1. The maximum Gasteiger partial charge on any atom is 0.417 e. The Morgan fingerprint density at radius 1 is 1.16 bits per heavy atom. The number of benzene rings is 2. The number of nitro benzene ring substituents is 1. The molecular formula is C17H13F3N2O3. The van der Waals surface area contributed by atoms with Crippen LogP contribution in [-0.4, -0.2) is 17.0 Å². The van der Waals surface area contributed by atoms with E-state index in [1.807, 2.05) is 0 Å². The summed E-state index contributed by atoms with van der Waals surface area (Å²) in [6.45, 7) is 1.57. The van der Waals surface area contributed by atoms with Crippen molar-refractivity contribution < 1.29 is 22.9 Å². The molecule has 0 radical (unpaired) electrons. The summed E-state index contributed by atoms with van der Waals surface area (Å²) in [5, 5.41) is 13.0. The number of carbonyl (C=O) groups excluding carboxylic acids is 1. The fraction of sp³-hybridized carbons (Fsp3) is 0.118. The van der Waals surface area contributed by atoms with Crippen LogP contribution in [-0.2, 0) is 4.79 Å². The minimum atomic E-state index is -4.73. The average molecular weight is 350 g/mol. The van der Waals surface area contributed by atoms with Gasteiger partial charge in [-0.25, -0.2) is 0 Å². The summed E-state index contributed by atoms with van der Waals surface area (Å²) >= 11 is 0. The Labute approximate surface area is 140 Å². The summed E-state index contributed by atoms with van der Waals surface area (Å²) < 4.78 is 39.6. The number of hydrogen-bond acceptors (Lipinski definition) is 3. The van der Waals surface area contributed by atoms with E-state index < -0.39 is 22.6 Å². The smallest absolute Gasteiger partial charge is 0.322 e. The predicted octanol–water partition coefficient (Wildman–Crippen LogP) is 4.49. The molecule has 0 atom stereocenters. The first-order valence-electron chi connectivity index (χ1n) is 7.09. The monoisotopic (exact) mass is 350 g/mol. The van der Waals surface area contributed by atoms with Crippen molar-refractivity contribution in [1.82, 2.24) is 0 Å². The molecule has 0 aliphatic rings. The van der Waals surface area contributed by atoms with Crippen LogP contribution in [0.2, 0.25) is 0 Å². The van der Waals surface area contributed by atoms with Crippen LogP contribution in [0.1, 0.15) is 11.1 Å². The number of hydrogen-bond donors (Lipinski definition) is 1. The Bertz CT molecular complexity index is 831. The molecule has 0 saturated carbocycles. The third kappa shape index (κ3) is 4.66. The zero-order valence-corrected chi connectivity index (χ0v) is 13.0. The second kappa shape index (κ2) is 7.16. The number of aryl methyl sites for hydroxylation is 1. The van der Waals surface area contributed by atoms with E-state index in [0.29, 0.717) is 11.6 Å². The maximum absolute atomic E-state index is 13.2. The van der Waals surface area contributed by atoms with Gasteiger partial charge in [0.2, 0.25) is 5.91 Å². The molecular weight excluding hydrogens is 337 g/mol. The van der Waals surface area contributed by atoms with Gasteiger partial charge in [0.25, 0.3) is 5.69 Å².